The summed E-state index contributed by atoms with van der Waals surface area (Å²) in [4.78, 5) is 21.0. The summed E-state index contributed by atoms with van der Waals surface area (Å²) in [6.07, 6.45) is 2.02. The summed E-state index contributed by atoms with van der Waals surface area (Å²) in [6.45, 7) is 4.58. The van der Waals surface area contributed by atoms with Crippen LogP contribution in [0.25, 0.3) is 10.2 Å². The Hall–Kier alpha value is -2.24. The number of fused-ring (bicyclic) bond motifs is 3. The molecule has 0 saturated carbocycles. The van der Waals surface area contributed by atoms with E-state index in [0.717, 1.165) is 38.0 Å². The molecule has 1 amide bonds. The minimum Gasteiger partial charge on any atom is -0.337 e. The average molecular weight is 378 g/mol. The Kier molecular flexibility index (Phi) is 4.21. The van der Waals surface area contributed by atoms with Crippen LogP contribution in [-0.2, 0) is 17.8 Å². The molecule has 2 aliphatic heterocycles. The van der Waals surface area contributed by atoms with E-state index in [2.05, 4.69) is 47.4 Å². The van der Waals surface area contributed by atoms with Gasteiger partial charge in [-0.3, -0.25) is 9.69 Å². The quantitative estimate of drug-likeness (QED) is 0.696. The highest BCUT2D eigenvalue weighted by Crippen LogP contribution is 2.32. The minimum atomic E-state index is 0.223. The van der Waals surface area contributed by atoms with Gasteiger partial charge in [0.2, 0.25) is 5.91 Å². The second-order valence-electron chi connectivity index (χ2n) is 7.71. The zero-order valence-electron chi connectivity index (χ0n) is 15.5. The van der Waals surface area contributed by atoms with E-state index in [1.54, 1.807) is 18.3 Å². The first-order valence-electron chi connectivity index (χ1n) is 9.59. The number of rotatable bonds is 4. The van der Waals surface area contributed by atoms with Crippen LogP contribution in [0.3, 0.4) is 0 Å². The summed E-state index contributed by atoms with van der Waals surface area (Å²) in [6, 6.07) is 18.2. The van der Waals surface area contributed by atoms with Crippen molar-refractivity contribution in [1.29, 1.82) is 0 Å². The lowest BCUT2D eigenvalue weighted by atomic mass is 10.1. The van der Waals surface area contributed by atoms with E-state index in [0.29, 0.717) is 12.1 Å². The van der Waals surface area contributed by atoms with Gasteiger partial charge < -0.3 is 4.90 Å². The van der Waals surface area contributed by atoms with Crippen LogP contribution in [0.4, 0.5) is 0 Å². The first-order chi connectivity index (χ1) is 13.2. The molecular weight excluding hydrogens is 354 g/mol. The van der Waals surface area contributed by atoms with E-state index < -0.39 is 0 Å². The number of aromatic nitrogens is 1. The zero-order chi connectivity index (χ0) is 18.4. The highest BCUT2D eigenvalue weighted by atomic mass is 32.1. The summed E-state index contributed by atoms with van der Waals surface area (Å²) in [5, 5.41) is 1.17. The topological polar surface area (TPSA) is 36.4 Å². The summed E-state index contributed by atoms with van der Waals surface area (Å²) in [5.74, 6) is 0.223. The number of carbonyl (C=O) groups excluding carboxylic acids is 1. The molecule has 27 heavy (non-hydrogen) atoms. The predicted molar refractivity (Wildman–Crippen MR) is 109 cm³/mol. The van der Waals surface area contributed by atoms with E-state index in [4.69, 9.17) is 4.98 Å². The van der Waals surface area contributed by atoms with Gasteiger partial charge in [-0.05, 0) is 29.7 Å². The fourth-order valence-electron chi connectivity index (χ4n) is 4.50. The van der Waals surface area contributed by atoms with Gasteiger partial charge >= 0.3 is 0 Å². The van der Waals surface area contributed by atoms with Crippen molar-refractivity contribution in [2.45, 2.75) is 38.4 Å². The normalized spacial score (nSPS) is 22.0. The Morgan fingerprint density at radius 1 is 1.07 bits per heavy atom. The Labute approximate surface area is 163 Å². The molecule has 5 rings (SSSR count). The molecule has 4 nitrogen and oxygen atoms in total. The number of hydrogen-bond donors (Lipinski definition) is 0. The van der Waals surface area contributed by atoms with Gasteiger partial charge in [-0.15, -0.1) is 11.3 Å². The number of likely N-dealkylation sites (tertiary alicyclic amines) is 2. The van der Waals surface area contributed by atoms with Gasteiger partial charge in [-0.2, -0.15) is 0 Å². The third-order valence-corrected chi connectivity index (χ3v) is 6.90. The van der Waals surface area contributed by atoms with Crippen LogP contribution in [0, 0.1) is 0 Å². The fraction of sp³-hybridized carbons (Fsp3) is 0.364. The highest BCUT2D eigenvalue weighted by Gasteiger charge is 2.43. The number of amides is 1. The number of piperazine rings is 1. The molecule has 0 aliphatic carbocycles. The monoisotopic (exact) mass is 377 g/mol. The van der Waals surface area contributed by atoms with Crippen molar-refractivity contribution >= 4 is 27.5 Å². The first kappa shape index (κ1) is 16.9. The van der Waals surface area contributed by atoms with Crippen molar-refractivity contribution in [2.75, 3.05) is 13.1 Å². The summed E-state index contributed by atoms with van der Waals surface area (Å²) in [5.41, 5.74) is 3.76. The molecule has 3 heterocycles. The van der Waals surface area contributed by atoms with Crippen molar-refractivity contribution in [3.8, 4) is 0 Å². The van der Waals surface area contributed by atoms with Crippen molar-refractivity contribution in [1.82, 2.24) is 14.8 Å². The molecule has 2 fully saturated rings. The van der Waals surface area contributed by atoms with Crippen molar-refractivity contribution in [3.05, 3.63) is 64.7 Å². The van der Waals surface area contributed by atoms with Crippen LogP contribution in [0.2, 0.25) is 0 Å². The smallest absolute Gasteiger partial charge is 0.219 e. The number of hydrogen-bond acceptors (Lipinski definition) is 4. The molecule has 0 unspecified atom stereocenters. The van der Waals surface area contributed by atoms with E-state index in [1.807, 2.05) is 11.0 Å². The molecule has 1 aromatic heterocycles. The second kappa shape index (κ2) is 6.73. The van der Waals surface area contributed by atoms with Crippen molar-refractivity contribution in [2.24, 2.45) is 0 Å². The SMILES string of the molecule is CC(=O)N1C[C@@H]2C[C@H]1CN2Cc1ccc(Cc2nc3ccccc3s2)cc1. The molecule has 0 radical (unpaired) electrons. The largest absolute Gasteiger partial charge is 0.337 e. The van der Waals surface area contributed by atoms with E-state index >= 15 is 0 Å². The maximum Gasteiger partial charge on any atom is 0.219 e. The number of benzene rings is 2. The first-order valence-corrected chi connectivity index (χ1v) is 10.4. The third-order valence-electron chi connectivity index (χ3n) is 5.86. The summed E-state index contributed by atoms with van der Waals surface area (Å²) < 4.78 is 1.26. The van der Waals surface area contributed by atoms with Crippen LogP contribution in [0.1, 0.15) is 29.5 Å². The number of nitrogens with zero attached hydrogens (tertiary/aromatic N) is 3. The molecule has 5 heteroatoms. The molecule has 2 aliphatic rings. The van der Waals surface area contributed by atoms with E-state index in [9.17, 15) is 4.79 Å². The lowest BCUT2D eigenvalue weighted by Gasteiger charge is -2.33. The molecule has 2 bridgehead atoms. The molecule has 0 spiro atoms. The summed E-state index contributed by atoms with van der Waals surface area (Å²) >= 11 is 1.78. The Morgan fingerprint density at radius 2 is 1.85 bits per heavy atom. The summed E-state index contributed by atoms with van der Waals surface area (Å²) in [7, 11) is 0. The van der Waals surface area contributed by atoms with Crippen LogP contribution < -0.4 is 0 Å². The standard InChI is InChI=1S/C22H23N3OS/c1-15(26)25-14-18-11-19(25)13-24(18)12-17-8-6-16(7-9-17)10-22-23-20-4-2-3-5-21(20)27-22/h2-9,18-19H,10-14H2,1H3/t18-,19-/m0/s1. The highest BCUT2D eigenvalue weighted by molar-refractivity contribution is 7.18. The average Bonchev–Trinajstić information content (AvgIpc) is 3.36. The lowest BCUT2D eigenvalue weighted by Crippen LogP contribution is -2.47. The molecular formula is C22H23N3OS. The van der Waals surface area contributed by atoms with Gasteiger partial charge in [0.05, 0.1) is 15.2 Å². The van der Waals surface area contributed by atoms with E-state index in [1.165, 1.54) is 20.8 Å². The van der Waals surface area contributed by atoms with E-state index in [-0.39, 0.29) is 5.91 Å². The molecule has 0 N–H and O–H groups in total. The maximum absolute atomic E-state index is 11.6. The van der Waals surface area contributed by atoms with Crippen LogP contribution in [-0.4, -0.2) is 45.9 Å². The van der Waals surface area contributed by atoms with Gasteiger partial charge in [0.1, 0.15) is 0 Å². The molecule has 2 aromatic carbocycles. The van der Waals surface area contributed by atoms with Crippen molar-refractivity contribution < 1.29 is 4.79 Å². The maximum atomic E-state index is 11.6. The Balaban J connectivity index is 1.23. The Bertz CT molecular complexity index is 948. The van der Waals surface area contributed by atoms with Crippen LogP contribution in [0.15, 0.2) is 48.5 Å². The van der Waals surface area contributed by atoms with Crippen LogP contribution in [0.5, 0.6) is 0 Å². The van der Waals surface area contributed by atoms with Gasteiger partial charge in [0, 0.05) is 45.1 Å². The number of para-hydroxylation sites is 1. The van der Waals surface area contributed by atoms with Gasteiger partial charge in [-0.1, -0.05) is 36.4 Å². The minimum absolute atomic E-state index is 0.223. The number of carbonyl (C=O) groups is 1. The van der Waals surface area contributed by atoms with Crippen LogP contribution >= 0.6 is 11.3 Å². The van der Waals surface area contributed by atoms with Crippen molar-refractivity contribution in [3.63, 3.8) is 0 Å². The predicted octanol–water partition coefficient (Wildman–Crippen LogP) is 3.69. The molecule has 2 saturated heterocycles. The third kappa shape index (κ3) is 3.26. The lowest BCUT2D eigenvalue weighted by molar-refractivity contribution is -0.131. The van der Waals surface area contributed by atoms with Gasteiger partial charge in [0.15, 0.2) is 0 Å². The Morgan fingerprint density at radius 3 is 2.56 bits per heavy atom. The molecule has 3 aromatic rings. The number of thiazole rings is 1. The molecule has 138 valence electrons. The van der Waals surface area contributed by atoms with Gasteiger partial charge in [0.25, 0.3) is 0 Å². The van der Waals surface area contributed by atoms with Gasteiger partial charge in [-0.25, -0.2) is 4.98 Å². The molecule has 2 atom stereocenters. The zero-order valence-corrected chi connectivity index (χ0v) is 16.3. The second-order valence-corrected chi connectivity index (χ2v) is 8.83. The fourth-order valence-corrected chi connectivity index (χ4v) is 5.50.